The number of rotatable bonds is 4. The average molecular weight is 236 g/mol. The van der Waals surface area contributed by atoms with E-state index in [4.69, 9.17) is 5.11 Å². The Bertz CT molecular complexity index is 446. The van der Waals surface area contributed by atoms with Crippen LogP contribution in [0.3, 0.4) is 0 Å². The number of aromatic nitrogens is 3. The fourth-order valence-corrected chi connectivity index (χ4v) is 1.77. The zero-order valence-electron chi connectivity index (χ0n) is 8.79. The van der Waals surface area contributed by atoms with E-state index in [0.29, 0.717) is 5.95 Å². The van der Waals surface area contributed by atoms with E-state index in [0.717, 1.165) is 10.6 Å². The van der Waals surface area contributed by atoms with Gasteiger partial charge in [-0.15, -0.1) is 11.3 Å². The van der Waals surface area contributed by atoms with Gasteiger partial charge in [0.1, 0.15) is 0 Å². The van der Waals surface area contributed by atoms with Crippen molar-refractivity contribution in [3.63, 3.8) is 0 Å². The van der Waals surface area contributed by atoms with Crippen molar-refractivity contribution in [3.05, 3.63) is 24.0 Å². The first-order valence-corrected chi connectivity index (χ1v) is 5.77. The van der Waals surface area contributed by atoms with Crippen LogP contribution in [0, 0.1) is 0 Å². The van der Waals surface area contributed by atoms with E-state index >= 15 is 0 Å². The predicted molar refractivity (Wildman–Crippen MR) is 63.3 cm³/mol. The Labute approximate surface area is 97.2 Å². The van der Waals surface area contributed by atoms with Crippen LogP contribution in [-0.2, 0) is 0 Å². The molecule has 0 radical (unpaired) electrons. The van der Waals surface area contributed by atoms with Crippen LogP contribution >= 0.6 is 11.3 Å². The maximum atomic E-state index is 8.92. The lowest BCUT2D eigenvalue weighted by Crippen LogP contribution is -2.20. The summed E-state index contributed by atoms with van der Waals surface area (Å²) in [5.41, 5.74) is 2.60. The third-order valence-electron chi connectivity index (χ3n) is 1.99. The minimum absolute atomic E-state index is 0.0497. The first-order valence-electron chi connectivity index (χ1n) is 4.89. The van der Waals surface area contributed by atoms with E-state index in [-0.39, 0.29) is 12.6 Å². The lowest BCUT2D eigenvalue weighted by atomic mass is 10.3. The van der Waals surface area contributed by atoms with Crippen molar-refractivity contribution in [1.29, 1.82) is 0 Å². The molecular formula is C10H12N4OS. The van der Waals surface area contributed by atoms with Crippen LogP contribution in [0.2, 0.25) is 0 Å². The van der Waals surface area contributed by atoms with Crippen LogP contribution < -0.4 is 5.32 Å². The second-order valence-electron chi connectivity index (χ2n) is 3.36. The Morgan fingerprint density at radius 1 is 1.56 bits per heavy atom. The quantitative estimate of drug-likeness (QED) is 0.839. The van der Waals surface area contributed by atoms with E-state index in [2.05, 4.69) is 20.3 Å². The molecule has 0 saturated heterocycles. The zero-order chi connectivity index (χ0) is 11.4. The Morgan fingerprint density at radius 2 is 2.44 bits per heavy atom. The molecule has 2 rings (SSSR count). The van der Waals surface area contributed by atoms with Crippen molar-refractivity contribution < 1.29 is 5.11 Å². The maximum Gasteiger partial charge on any atom is 0.223 e. The van der Waals surface area contributed by atoms with Gasteiger partial charge in [0.05, 0.1) is 22.7 Å². The third kappa shape index (κ3) is 2.53. The van der Waals surface area contributed by atoms with Crippen molar-refractivity contribution in [3.8, 4) is 10.6 Å². The zero-order valence-corrected chi connectivity index (χ0v) is 9.61. The Hall–Kier alpha value is -1.53. The third-order valence-corrected chi connectivity index (χ3v) is 2.79. The summed E-state index contributed by atoms with van der Waals surface area (Å²) in [5.74, 6) is 0.521. The summed E-state index contributed by atoms with van der Waals surface area (Å²) in [6, 6.07) is 1.78. The number of hydrogen-bond acceptors (Lipinski definition) is 6. The molecule has 6 heteroatoms. The lowest BCUT2D eigenvalue weighted by Gasteiger charge is -2.10. The molecule has 0 spiro atoms. The standard InChI is InChI=1S/C10H12N4OS/c1-7(5-15)13-10-12-3-2-8(14-10)9-4-11-6-16-9/h2-4,6-7,15H,5H2,1H3,(H,12,13,14)/t7-/m1/s1. The molecule has 2 N–H and O–H groups in total. The summed E-state index contributed by atoms with van der Waals surface area (Å²) in [6.07, 6.45) is 3.46. The summed E-state index contributed by atoms with van der Waals surface area (Å²) in [7, 11) is 0. The Kier molecular flexibility index (Phi) is 3.43. The number of nitrogens with zero attached hydrogens (tertiary/aromatic N) is 3. The lowest BCUT2D eigenvalue weighted by molar-refractivity contribution is 0.281. The molecular weight excluding hydrogens is 224 g/mol. The van der Waals surface area contributed by atoms with Crippen molar-refractivity contribution in [2.75, 3.05) is 11.9 Å². The minimum Gasteiger partial charge on any atom is -0.394 e. The van der Waals surface area contributed by atoms with Gasteiger partial charge >= 0.3 is 0 Å². The van der Waals surface area contributed by atoms with Crippen molar-refractivity contribution in [2.45, 2.75) is 13.0 Å². The average Bonchev–Trinajstić information content (AvgIpc) is 2.83. The second kappa shape index (κ2) is 5.00. The molecule has 0 saturated carbocycles. The largest absolute Gasteiger partial charge is 0.394 e. The van der Waals surface area contributed by atoms with E-state index < -0.39 is 0 Å². The van der Waals surface area contributed by atoms with Gasteiger partial charge in [0.15, 0.2) is 0 Å². The van der Waals surface area contributed by atoms with E-state index in [1.807, 2.05) is 13.0 Å². The van der Waals surface area contributed by atoms with Gasteiger partial charge in [-0.05, 0) is 13.0 Å². The van der Waals surface area contributed by atoms with Gasteiger partial charge in [0.2, 0.25) is 5.95 Å². The van der Waals surface area contributed by atoms with E-state index in [1.54, 1.807) is 17.9 Å². The van der Waals surface area contributed by atoms with Crippen LogP contribution in [0.15, 0.2) is 24.0 Å². The Balaban J connectivity index is 2.20. The first kappa shape index (κ1) is 11.0. The molecule has 0 unspecified atom stereocenters. The SMILES string of the molecule is C[C@H](CO)Nc1nccc(-c2cncs2)n1. The molecule has 84 valence electrons. The van der Waals surface area contributed by atoms with Gasteiger partial charge in [-0.1, -0.05) is 0 Å². The highest BCUT2D eigenvalue weighted by Gasteiger charge is 2.05. The Morgan fingerprint density at radius 3 is 3.12 bits per heavy atom. The predicted octanol–water partition coefficient (Wildman–Crippen LogP) is 1.39. The number of aliphatic hydroxyl groups excluding tert-OH is 1. The molecule has 5 nitrogen and oxygen atoms in total. The molecule has 2 aromatic heterocycles. The van der Waals surface area contributed by atoms with E-state index in [9.17, 15) is 0 Å². The number of nitrogens with one attached hydrogen (secondary N) is 1. The maximum absolute atomic E-state index is 8.92. The highest BCUT2D eigenvalue weighted by molar-refractivity contribution is 7.13. The van der Waals surface area contributed by atoms with Crippen molar-refractivity contribution >= 4 is 17.3 Å². The van der Waals surface area contributed by atoms with Crippen LogP contribution in [0.4, 0.5) is 5.95 Å². The van der Waals surface area contributed by atoms with Crippen LogP contribution in [-0.4, -0.2) is 32.7 Å². The summed E-state index contributed by atoms with van der Waals surface area (Å²) in [6.45, 7) is 1.91. The highest BCUT2D eigenvalue weighted by atomic mass is 32.1. The monoisotopic (exact) mass is 236 g/mol. The molecule has 2 aromatic rings. The van der Waals surface area contributed by atoms with Crippen LogP contribution in [0.25, 0.3) is 10.6 Å². The number of anilines is 1. The van der Waals surface area contributed by atoms with Gasteiger partial charge in [-0.2, -0.15) is 0 Å². The molecule has 0 aromatic carbocycles. The van der Waals surface area contributed by atoms with Crippen molar-refractivity contribution in [2.24, 2.45) is 0 Å². The number of aliphatic hydroxyl groups is 1. The molecule has 0 aliphatic heterocycles. The van der Waals surface area contributed by atoms with Crippen LogP contribution in [0.1, 0.15) is 6.92 Å². The molecule has 0 amide bonds. The summed E-state index contributed by atoms with van der Waals surface area (Å²) >= 11 is 1.53. The normalized spacial score (nSPS) is 12.4. The van der Waals surface area contributed by atoms with Gasteiger partial charge in [0, 0.05) is 18.4 Å². The summed E-state index contributed by atoms with van der Waals surface area (Å²) in [4.78, 5) is 13.4. The first-order chi connectivity index (χ1) is 7.79. The molecule has 2 heterocycles. The van der Waals surface area contributed by atoms with Gasteiger partial charge < -0.3 is 10.4 Å². The molecule has 0 bridgehead atoms. The van der Waals surface area contributed by atoms with E-state index in [1.165, 1.54) is 11.3 Å². The van der Waals surface area contributed by atoms with Crippen LogP contribution in [0.5, 0.6) is 0 Å². The fourth-order valence-electron chi connectivity index (χ4n) is 1.17. The number of hydrogen-bond donors (Lipinski definition) is 2. The molecule has 0 fully saturated rings. The summed E-state index contributed by atoms with van der Waals surface area (Å²) < 4.78 is 0. The minimum atomic E-state index is -0.0586. The fraction of sp³-hybridized carbons (Fsp3) is 0.300. The topological polar surface area (TPSA) is 70.9 Å². The molecule has 1 atom stereocenters. The molecule has 16 heavy (non-hydrogen) atoms. The molecule has 0 aliphatic carbocycles. The summed E-state index contributed by atoms with van der Waals surface area (Å²) in [5, 5.41) is 11.9. The number of thiazole rings is 1. The smallest absolute Gasteiger partial charge is 0.223 e. The molecule has 0 aliphatic rings. The van der Waals surface area contributed by atoms with Gasteiger partial charge in [0.25, 0.3) is 0 Å². The second-order valence-corrected chi connectivity index (χ2v) is 4.25. The van der Waals surface area contributed by atoms with Gasteiger partial charge in [-0.25, -0.2) is 9.97 Å². The highest BCUT2D eigenvalue weighted by Crippen LogP contribution is 2.21. The van der Waals surface area contributed by atoms with Crippen molar-refractivity contribution in [1.82, 2.24) is 15.0 Å². The van der Waals surface area contributed by atoms with Gasteiger partial charge in [-0.3, -0.25) is 4.98 Å².